The molecular formula is C18H11ClN4O5S. The van der Waals surface area contributed by atoms with Gasteiger partial charge in [0, 0.05) is 29.1 Å². The molecule has 0 aliphatic carbocycles. The molecule has 0 bridgehead atoms. The predicted octanol–water partition coefficient (Wildman–Crippen LogP) is 3.72. The zero-order valence-electron chi connectivity index (χ0n) is 14.5. The van der Waals surface area contributed by atoms with Crippen molar-refractivity contribution >= 4 is 46.6 Å². The Bertz CT molecular complexity index is 1100. The van der Waals surface area contributed by atoms with Crippen LogP contribution in [0.15, 0.2) is 58.2 Å². The van der Waals surface area contributed by atoms with Gasteiger partial charge in [0.2, 0.25) is 17.7 Å². The number of nitrogens with zero attached hydrogens (tertiary/aromatic N) is 4. The molecule has 1 saturated heterocycles. The van der Waals surface area contributed by atoms with Gasteiger partial charge in [0.05, 0.1) is 10.6 Å². The van der Waals surface area contributed by atoms with Crippen LogP contribution in [0.25, 0.3) is 11.5 Å². The van der Waals surface area contributed by atoms with Gasteiger partial charge in [-0.15, -0.1) is 10.2 Å². The molecule has 1 fully saturated rings. The molecule has 1 aromatic heterocycles. The first-order valence-corrected chi connectivity index (χ1v) is 9.55. The molecular weight excluding hydrogens is 420 g/mol. The van der Waals surface area contributed by atoms with E-state index in [1.165, 1.54) is 24.3 Å². The van der Waals surface area contributed by atoms with Gasteiger partial charge in [0.1, 0.15) is 5.25 Å². The average Bonchev–Trinajstić information content (AvgIpc) is 3.28. The van der Waals surface area contributed by atoms with Gasteiger partial charge in [-0.3, -0.25) is 19.7 Å². The van der Waals surface area contributed by atoms with Gasteiger partial charge in [-0.2, -0.15) is 0 Å². The number of hydrogen-bond acceptors (Lipinski definition) is 8. The van der Waals surface area contributed by atoms with Gasteiger partial charge in [-0.25, -0.2) is 4.90 Å². The largest absolute Gasteiger partial charge is 0.411 e. The van der Waals surface area contributed by atoms with Crippen molar-refractivity contribution in [1.29, 1.82) is 0 Å². The van der Waals surface area contributed by atoms with E-state index < -0.39 is 10.2 Å². The van der Waals surface area contributed by atoms with Gasteiger partial charge in [-0.05, 0) is 36.4 Å². The molecule has 4 rings (SSSR count). The van der Waals surface area contributed by atoms with E-state index in [9.17, 15) is 19.7 Å². The number of nitro benzene ring substituents is 1. The first kappa shape index (κ1) is 19.1. The smallest absolute Gasteiger partial charge is 0.277 e. The molecule has 1 aliphatic rings. The maximum Gasteiger partial charge on any atom is 0.277 e. The van der Waals surface area contributed by atoms with E-state index in [2.05, 4.69) is 10.2 Å². The standard InChI is InChI=1S/C18H11ClN4O5S/c19-11-3-7-12(8-4-11)22-15(24)9-14(17(22)25)29-18-21-20-16(28-18)10-1-5-13(6-2-10)23(26)27/h1-8,14H,9H2. The summed E-state index contributed by atoms with van der Waals surface area (Å²) in [5, 5.41) is 18.5. The number of imide groups is 1. The van der Waals surface area contributed by atoms with Crippen LogP contribution in [-0.4, -0.2) is 32.2 Å². The van der Waals surface area contributed by atoms with Crippen LogP contribution < -0.4 is 4.90 Å². The zero-order chi connectivity index (χ0) is 20.5. The van der Waals surface area contributed by atoms with E-state index in [-0.39, 0.29) is 35.0 Å². The van der Waals surface area contributed by atoms with E-state index in [1.807, 2.05) is 0 Å². The van der Waals surface area contributed by atoms with Crippen LogP contribution in [0.3, 0.4) is 0 Å². The Morgan fingerprint density at radius 1 is 1.10 bits per heavy atom. The van der Waals surface area contributed by atoms with Crippen molar-refractivity contribution < 1.29 is 18.9 Å². The van der Waals surface area contributed by atoms with E-state index in [4.69, 9.17) is 16.0 Å². The maximum atomic E-state index is 12.7. The second-order valence-electron chi connectivity index (χ2n) is 6.03. The lowest BCUT2D eigenvalue weighted by Crippen LogP contribution is -2.31. The van der Waals surface area contributed by atoms with Gasteiger partial charge in [0.25, 0.3) is 10.9 Å². The van der Waals surface area contributed by atoms with Crippen LogP contribution >= 0.6 is 23.4 Å². The number of halogens is 1. The number of anilines is 1. The summed E-state index contributed by atoms with van der Waals surface area (Å²) >= 11 is 6.85. The second-order valence-corrected chi connectivity index (χ2v) is 7.62. The SMILES string of the molecule is O=C1CC(Sc2nnc(-c3ccc([N+](=O)[O-])cc3)o2)C(=O)N1c1ccc(Cl)cc1. The number of benzene rings is 2. The van der Waals surface area contributed by atoms with Crippen molar-refractivity contribution in [3.05, 3.63) is 63.7 Å². The summed E-state index contributed by atoms with van der Waals surface area (Å²) in [6.07, 6.45) is 0.00136. The molecule has 1 unspecified atom stereocenters. The number of amides is 2. The van der Waals surface area contributed by atoms with Gasteiger partial charge >= 0.3 is 0 Å². The van der Waals surface area contributed by atoms with Crippen LogP contribution in [0, 0.1) is 10.1 Å². The molecule has 2 aromatic carbocycles. The second kappa shape index (κ2) is 7.64. The van der Waals surface area contributed by atoms with Crippen molar-refractivity contribution in [2.24, 2.45) is 0 Å². The molecule has 1 aliphatic heterocycles. The number of hydrogen-bond donors (Lipinski definition) is 0. The lowest BCUT2D eigenvalue weighted by molar-refractivity contribution is -0.384. The summed E-state index contributed by atoms with van der Waals surface area (Å²) in [4.78, 5) is 36.3. The summed E-state index contributed by atoms with van der Waals surface area (Å²) in [7, 11) is 0. The van der Waals surface area contributed by atoms with E-state index >= 15 is 0 Å². The van der Waals surface area contributed by atoms with Crippen molar-refractivity contribution in [3.63, 3.8) is 0 Å². The third-order valence-corrected chi connectivity index (χ3v) is 5.44. The summed E-state index contributed by atoms with van der Waals surface area (Å²) in [5.74, 6) is -0.545. The van der Waals surface area contributed by atoms with Crippen LogP contribution in [-0.2, 0) is 9.59 Å². The van der Waals surface area contributed by atoms with E-state index in [0.717, 1.165) is 16.7 Å². The molecule has 0 saturated carbocycles. The van der Waals surface area contributed by atoms with Crippen molar-refractivity contribution in [1.82, 2.24) is 10.2 Å². The molecule has 0 spiro atoms. The molecule has 29 heavy (non-hydrogen) atoms. The van der Waals surface area contributed by atoms with Crippen LogP contribution in [0.2, 0.25) is 5.02 Å². The van der Waals surface area contributed by atoms with Gasteiger partial charge in [-0.1, -0.05) is 23.4 Å². The molecule has 2 amide bonds. The Labute approximate surface area is 172 Å². The van der Waals surface area contributed by atoms with Crippen molar-refractivity contribution in [2.45, 2.75) is 16.9 Å². The summed E-state index contributed by atoms with van der Waals surface area (Å²) < 4.78 is 5.54. The average molecular weight is 431 g/mol. The summed E-state index contributed by atoms with van der Waals surface area (Å²) in [6, 6.07) is 12.1. The fraction of sp³-hybridized carbons (Fsp3) is 0.111. The topological polar surface area (TPSA) is 119 Å². The molecule has 3 aromatic rings. The monoisotopic (exact) mass is 430 g/mol. The first-order valence-electron chi connectivity index (χ1n) is 8.30. The minimum Gasteiger partial charge on any atom is -0.411 e. The quantitative estimate of drug-likeness (QED) is 0.341. The highest BCUT2D eigenvalue weighted by Crippen LogP contribution is 2.34. The highest BCUT2D eigenvalue weighted by atomic mass is 35.5. The molecule has 0 N–H and O–H groups in total. The van der Waals surface area contributed by atoms with E-state index in [0.29, 0.717) is 16.3 Å². The highest BCUT2D eigenvalue weighted by molar-refractivity contribution is 8.00. The third kappa shape index (κ3) is 3.84. The maximum absolute atomic E-state index is 12.7. The van der Waals surface area contributed by atoms with Crippen molar-refractivity contribution in [3.8, 4) is 11.5 Å². The zero-order valence-corrected chi connectivity index (χ0v) is 16.1. The highest BCUT2D eigenvalue weighted by Gasteiger charge is 2.41. The number of carbonyl (C=O) groups excluding carboxylic acids is 2. The van der Waals surface area contributed by atoms with Crippen LogP contribution in [0.4, 0.5) is 11.4 Å². The first-order chi connectivity index (χ1) is 13.9. The minimum atomic E-state index is -0.691. The fourth-order valence-electron chi connectivity index (χ4n) is 2.78. The molecule has 0 radical (unpaired) electrons. The Balaban J connectivity index is 1.49. The normalized spacial score (nSPS) is 16.4. The number of nitro groups is 1. The van der Waals surface area contributed by atoms with Gasteiger partial charge in [0.15, 0.2) is 0 Å². The predicted molar refractivity (Wildman–Crippen MR) is 105 cm³/mol. The Morgan fingerprint density at radius 2 is 1.79 bits per heavy atom. The van der Waals surface area contributed by atoms with E-state index in [1.54, 1.807) is 24.3 Å². The number of thioether (sulfide) groups is 1. The Kier molecular flexibility index (Phi) is 5.03. The molecule has 9 nitrogen and oxygen atoms in total. The van der Waals surface area contributed by atoms with Crippen LogP contribution in [0.1, 0.15) is 6.42 Å². The minimum absolute atomic E-state index is 0.00136. The number of aromatic nitrogens is 2. The van der Waals surface area contributed by atoms with Gasteiger partial charge < -0.3 is 4.42 Å². The Hall–Kier alpha value is -3.24. The molecule has 1 atom stereocenters. The number of rotatable bonds is 5. The third-order valence-electron chi connectivity index (χ3n) is 4.16. The summed E-state index contributed by atoms with van der Waals surface area (Å²) in [5.41, 5.74) is 0.899. The number of non-ortho nitro benzene ring substituents is 1. The molecule has 146 valence electrons. The molecule has 2 heterocycles. The number of carbonyl (C=O) groups is 2. The Morgan fingerprint density at radius 3 is 2.45 bits per heavy atom. The van der Waals surface area contributed by atoms with Crippen LogP contribution in [0.5, 0.6) is 0 Å². The summed E-state index contributed by atoms with van der Waals surface area (Å²) in [6.45, 7) is 0. The molecule has 11 heteroatoms. The van der Waals surface area contributed by atoms with Crippen molar-refractivity contribution in [2.75, 3.05) is 4.90 Å². The lowest BCUT2D eigenvalue weighted by atomic mass is 10.2. The fourth-order valence-corrected chi connectivity index (χ4v) is 3.80. The lowest BCUT2D eigenvalue weighted by Gasteiger charge is -2.14.